The standard InChI is InChI=1S/C26H32N4O2/c1-28(2)25(21-11-7-5-8-12-21)16-18-26(19-17-25,22-13-9-6-10-14-22)30(4)24(31)32-23-15-20-29(3)27-23/h5-15,20H,16-19H2,1-4H3. The number of rotatable bonds is 5. The second-order valence-electron chi connectivity index (χ2n) is 8.94. The molecule has 0 radical (unpaired) electrons. The fourth-order valence-corrected chi connectivity index (χ4v) is 5.17. The topological polar surface area (TPSA) is 50.6 Å². The second-order valence-corrected chi connectivity index (χ2v) is 8.94. The van der Waals surface area contributed by atoms with Crippen molar-refractivity contribution in [3.63, 3.8) is 0 Å². The molecule has 4 rings (SSSR count). The maximum absolute atomic E-state index is 13.2. The summed E-state index contributed by atoms with van der Waals surface area (Å²) in [6, 6.07) is 22.8. The molecule has 2 aromatic carbocycles. The molecule has 1 heterocycles. The molecular weight excluding hydrogens is 400 g/mol. The van der Waals surface area contributed by atoms with Gasteiger partial charge in [0.1, 0.15) is 0 Å². The molecule has 0 bridgehead atoms. The Bertz CT molecular complexity index is 1040. The van der Waals surface area contributed by atoms with Crippen LogP contribution in [-0.2, 0) is 18.1 Å². The van der Waals surface area contributed by atoms with Crippen molar-refractivity contribution in [2.45, 2.75) is 36.8 Å². The first-order valence-corrected chi connectivity index (χ1v) is 11.1. The Labute approximate surface area is 190 Å². The summed E-state index contributed by atoms with van der Waals surface area (Å²) in [5.74, 6) is 0.315. The van der Waals surface area contributed by atoms with E-state index < -0.39 is 5.54 Å². The largest absolute Gasteiger partial charge is 0.417 e. The summed E-state index contributed by atoms with van der Waals surface area (Å²) in [5, 5.41) is 4.20. The zero-order chi connectivity index (χ0) is 22.8. The summed E-state index contributed by atoms with van der Waals surface area (Å²) in [6.45, 7) is 0. The third kappa shape index (κ3) is 3.91. The van der Waals surface area contributed by atoms with Gasteiger partial charge in [-0.05, 0) is 50.9 Å². The molecular formula is C26H32N4O2. The highest BCUT2D eigenvalue weighted by atomic mass is 16.6. The highest BCUT2D eigenvalue weighted by molar-refractivity contribution is 5.71. The molecule has 0 aliphatic heterocycles. The van der Waals surface area contributed by atoms with Crippen LogP contribution in [0.5, 0.6) is 5.88 Å². The van der Waals surface area contributed by atoms with Crippen LogP contribution in [0.1, 0.15) is 36.8 Å². The van der Waals surface area contributed by atoms with E-state index in [-0.39, 0.29) is 11.6 Å². The lowest BCUT2D eigenvalue weighted by atomic mass is 9.66. The lowest BCUT2D eigenvalue weighted by Crippen LogP contribution is -2.55. The van der Waals surface area contributed by atoms with E-state index >= 15 is 0 Å². The van der Waals surface area contributed by atoms with E-state index in [9.17, 15) is 4.79 Å². The first kappa shape index (κ1) is 22.1. The van der Waals surface area contributed by atoms with Gasteiger partial charge in [0, 0.05) is 31.9 Å². The molecule has 32 heavy (non-hydrogen) atoms. The van der Waals surface area contributed by atoms with Crippen molar-refractivity contribution in [1.29, 1.82) is 0 Å². The minimum atomic E-state index is -0.443. The van der Waals surface area contributed by atoms with Gasteiger partial charge in [-0.3, -0.25) is 9.58 Å². The van der Waals surface area contributed by atoms with Crippen molar-refractivity contribution in [3.05, 3.63) is 84.1 Å². The van der Waals surface area contributed by atoms with Crippen LogP contribution in [0.15, 0.2) is 72.9 Å². The van der Waals surface area contributed by atoms with E-state index in [1.807, 2.05) is 25.2 Å². The Kier molecular flexibility index (Phi) is 6.07. The highest BCUT2D eigenvalue weighted by Gasteiger charge is 2.49. The van der Waals surface area contributed by atoms with Crippen molar-refractivity contribution in [2.75, 3.05) is 21.1 Å². The molecule has 168 valence electrons. The van der Waals surface area contributed by atoms with Gasteiger partial charge in [-0.1, -0.05) is 60.7 Å². The van der Waals surface area contributed by atoms with E-state index in [0.29, 0.717) is 5.88 Å². The summed E-state index contributed by atoms with van der Waals surface area (Å²) in [6.07, 6.45) is 4.90. The Morgan fingerprint density at radius 1 is 0.844 bits per heavy atom. The van der Waals surface area contributed by atoms with Crippen LogP contribution < -0.4 is 4.74 Å². The molecule has 1 amide bonds. The predicted molar refractivity (Wildman–Crippen MR) is 125 cm³/mol. The number of nitrogens with zero attached hydrogens (tertiary/aromatic N) is 4. The summed E-state index contributed by atoms with van der Waals surface area (Å²) in [4.78, 5) is 17.3. The Balaban J connectivity index is 1.66. The monoisotopic (exact) mass is 432 g/mol. The van der Waals surface area contributed by atoms with E-state index in [4.69, 9.17) is 4.74 Å². The number of hydrogen-bond acceptors (Lipinski definition) is 4. The van der Waals surface area contributed by atoms with Crippen LogP contribution in [-0.4, -0.2) is 46.8 Å². The van der Waals surface area contributed by atoms with Gasteiger partial charge in [-0.25, -0.2) is 4.79 Å². The summed E-state index contributed by atoms with van der Waals surface area (Å²) < 4.78 is 7.25. The van der Waals surface area contributed by atoms with Crippen LogP contribution in [0.25, 0.3) is 0 Å². The molecule has 1 fully saturated rings. The average Bonchev–Trinajstić information content (AvgIpc) is 3.24. The van der Waals surface area contributed by atoms with Gasteiger partial charge in [0.05, 0.1) is 5.54 Å². The number of carbonyl (C=O) groups is 1. The van der Waals surface area contributed by atoms with Crippen LogP contribution in [0.3, 0.4) is 0 Å². The number of aromatic nitrogens is 2. The van der Waals surface area contributed by atoms with Gasteiger partial charge < -0.3 is 9.64 Å². The maximum atomic E-state index is 13.2. The van der Waals surface area contributed by atoms with Gasteiger partial charge in [-0.15, -0.1) is 5.10 Å². The molecule has 1 aliphatic carbocycles. The van der Waals surface area contributed by atoms with Gasteiger partial charge in [0.15, 0.2) is 0 Å². The lowest BCUT2D eigenvalue weighted by molar-refractivity contribution is 0.00501. The summed E-state index contributed by atoms with van der Waals surface area (Å²) in [5.41, 5.74) is 1.96. The van der Waals surface area contributed by atoms with Gasteiger partial charge >= 0.3 is 6.09 Å². The molecule has 0 atom stereocenters. The van der Waals surface area contributed by atoms with Gasteiger partial charge in [0.2, 0.25) is 5.88 Å². The molecule has 6 heteroatoms. The Morgan fingerprint density at radius 3 is 1.81 bits per heavy atom. The van der Waals surface area contributed by atoms with Crippen molar-refractivity contribution in [3.8, 4) is 5.88 Å². The van der Waals surface area contributed by atoms with Crippen molar-refractivity contribution in [2.24, 2.45) is 7.05 Å². The Hall–Kier alpha value is -3.12. The first-order valence-electron chi connectivity index (χ1n) is 11.1. The van der Waals surface area contributed by atoms with Gasteiger partial charge in [0.25, 0.3) is 0 Å². The smallest absolute Gasteiger partial charge is 0.389 e. The van der Waals surface area contributed by atoms with Crippen LogP contribution >= 0.6 is 0 Å². The third-order valence-corrected chi connectivity index (χ3v) is 7.18. The molecule has 0 spiro atoms. The van der Waals surface area contributed by atoms with E-state index in [2.05, 4.69) is 66.6 Å². The lowest BCUT2D eigenvalue weighted by Gasteiger charge is -2.52. The van der Waals surface area contributed by atoms with Crippen LogP contribution in [0.4, 0.5) is 4.79 Å². The SMILES string of the molecule is CN(C)C1(c2ccccc2)CCC(c2ccccc2)(N(C)C(=O)Oc2ccn(C)n2)CC1. The van der Waals surface area contributed by atoms with E-state index in [1.54, 1.807) is 28.9 Å². The van der Waals surface area contributed by atoms with Gasteiger partial charge in [-0.2, -0.15) is 0 Å². The number of ether oxygens (including phenoxy) is 1. The number of aryl methyl sites for hydroxylation is 1. The normalized spacial score (nSPS) is 23.2. The molecule has 1 aliphatic rings. The number of hydrogen-bond donors (Lipinski definition) is 0. The van der Waals surface area contributed by atoms with Crippen molar-refractivity contribution in [1.82, 2.24) is 19.6 Å². The van der Waals surface area contributed by atoms with Crippen molar-refractivity contribution < 1.29 is 9.53 Å². The molecule has 0 saturated heterocycles. The highest BCUT2D eigenvalue weighted by Crippen LogP contribution is 2.50. The quantitative estimate of drug-likeness (QED) is 0.582. The fraction of sp³-hybridized carbons (Fsp3) is 0.385. The zero-order valence-electron chi connectivity index (χ0n) is 19.4. The Morgan fingerprint density at radius 2 is 1.34 bits per heavy atom. The average molecular weight is 433 g/mol. The van der Waals surface area contributed by atoms with Crippen LogP contribution in [0, 0.1) is 0 Å². The van der Waals surface area contributed by atoms with E-state index in [0.717, 1.165) is 31.2 Å². The summed E-state index contributed by atoms with van der Waals surface area (Å²) >= 11 is 0. The van der Waals surface area contributed by atoms with E-state index in [1.165, 1.54) is 5.56 Å². The molecule has 3 aromatic rings. The fourth-order valence-electron chi connectivity index (χ4n) is 5.17. The molecule has 0 N–H and O–H groups in total. The molecule has 0 unspecified atom stereocenters. The summed E-state index contributed by atoms with van der Waals surface area (Å²) in [7, 11) is 7.96. The number of benzene rings is 2. The molecule has 1 saturated carbocycles. The minimum absolute atomic E-state index is 0.0642. The number of carbonyl (C=O) groups excluding carboxylic acids is 1. The number of amides is 1. The second kappa shape index (κ2) is 8.79. The van der Waals surface area contributed by atoms with Crippen LogP contribution in [0.2, 0.25) is 0 Å². The predicted octanol–water partition coefficient (Wildman–Crippen LogP) is 4.78. The maximum Gasteiger partial charge on any atom is 0.417 e. The van der Waals surface area contributed by atoms with Crippen molar-refractivity contribution >= 4 is 6.09 Å². The molecule has 1 aromatic heterocycles. The third-order valence-electron chi connectivity index (χ3n) is 7.18. The molecule has 6 nitrogen and oxygen atoms in total. The zero-order valence-corrected chi connectivity index (χ0v) is 19.4. The first-order chi connectivity index (χ1) is 15.4. The minimum Gasteiger partial charge on any atom is -0.389 e.